The molecular weight excluding hydrogens is 192 g/mol. The van der Waals surface area contributed by atoms with Gasteiger partial charge < -0.3 is 9.51 Å². The van der Waals surface area contributed by atoms with Crippen molar-refractivity contribution >= 4 is 11.6 Å². The first-order valence-corrected chi connectivity index (χ1v) is 4.82. The van der Waals surface area contributed by atoms with Gasteiger partial charge in [-0.25, -0.2) is 4.98 Å². The Kier molecular flexibility index (Phi) is 2.41. The van der Waals surface area contributed by atoms with Crippen molar-refractivity contribution in [1.29, 1.82) is 0 Å². The van der Waals surface area contributed by atoms with Gasteiger partial charge in [0.25, 0.3) is 0 Å². The highest BCUT2D eigenvalue weighted by Crippen LogP contribution is 2.18. The van der Waals surface area contributed by atoms with Gasteiger partial charge in [0.15, 0.2) is 0 Å². The highest BCUT2D eigenvalue weighted by molar-refractivity contribution is 5.67. The Morgan fingerprint density at radius 3 is 3.07 bits per heavy atom. The first kappa shape index (κ1) is 9.71. The van der Waals surface area contributed by atoms with Gasteiger partial charge in [-0.1, -0.05) is 13.0 Å². The third-order valence-corrected chi connectivity index (χ3v) is 2.37. The molecule has 78 valence electrons. The lowest BCUT2D eigenvalue weighted by molar-refractivity contribution is -0.137. The minimum Gasteiger partial charge on any atom is -0.481 e. The Morgan fingerprint density at radius 2 is 2.40 bits per heavy atom. The predicted molar refractivity (Wildman–Crippen MR) is 55.9 cm³/mol. The monoisotopic (exact) mass is 204 g/mol. The zero-order valence-electron chi connectivity index (χ0n) is 8.42. The largest absolute Gasteiger partial charge is 0.481 e. The lowest BCUT2D eigenvalue weighted by Crippen LogP contribution is -2.02. The summed E-state index contributed by atoms with van der Waals surface area (Å²) in [4.78, 5) is 14.9. The van der Waals surface area contributed by atoms with Crippen LogP contribution in [-0.2, 0) is 4.79 Å². The smallest absolute Gasteiger partial charge is 0.304 e. The van der Waals surface area contributed by atoms with Crippen LogP contribution in [0.5, 0.6) is 0 Å². The van der Waals surface area contributed by atoms with Crippen molar-refractivity contribution in [1.82, 2.24) is 9.38 Å². The molecule has 1 atom stereocenters. The maximum Gasteiger partial charge on any atom is 0.304 e. The number of nitrogens with zero attached hydrogens (tertiary/aromatic N) is 2. The first-order chi connectivity index (χ1) is 7.16. The number of fused-ring (bicyclic) bond motifs is 1. The first-order valence-electron chi connectivity index (χ1n) is 4.82. The van der Waals surface area contributed by atoms with E-state index in [4.69, 9.17) is 5.11 Å². The Morgan fingerprint density at radius 1 is 1.60 bits per heavy atom. The molecule has 15 heavy (non-hydrogen) atoms. The summed E-state index contributed by atoms with van der Waals surface area (Å²) in [6.07, 6.45) is 3.89. The molecule has 4 heteroatoms. The Balaban J connectivity index is 2.32. The van der Waals surface area contributed by atoms with Crippen LogP contribution in [0.25, 0.3) is 5.65 Å². The number of pyridine rings is 1. The second kappa shape index (κ2) is 3.73. The van der Waals surface area contributed by atoms with Gasteiger partial charge in [-0.05, 0) is 12.1 Å². The molecule has 0 aromatic carbocycles. The van der Waals surface area contributed by atoms with E-state index in [-0.39, 0.29) is 12.3 Å². The van der Waals surface area contributed by atoms with Gasteiger partial charge in [0.05, 0.1) is 12.1 Å². The van der Waals surface area contributed by atoms with E-state index >= 15 is 0 Å². The Hall–Kier alpha value is -1.84. The highest BCUT2D eigenvalue weighted by Gasteiger charge is 2.13. The van der Waals surface area contributed by atoms with Crippen LogP contribution in [0.3, 0.4) is 0 Å². The molecule has 0 saturated heterocycles. The zero-order chi connectivity index (χ0) is 10.8. The van der Waals surface area contributed by atoms with Crippen molar-refractivity contribution in [3.05, 3.63) is 36.3 Å². The number of aromatic nitrogens is 2. The number of carboxylic acids is 1. The normalized spacial score (nSPS) is 12.9. The quantitative estimate of drug-likeness (QED) is 0.830. The van der Waals surface area contributed by atoms with E-state index < -0.39 is 5.97 Å². The minimum atomic E-state index is -0.792. The summed E-state index contributed by atoms with van der Waals surface area (Å²) in [6, 6.07) is 5.73. The van der Waals surface area contributed by atoms with E-state index in [1.54, 1.807) is 0 Å². The van der Waals surface area contributed by atoms with Crippen molar-refractivity contribution in [2.24, 2.45) is 0 Å². The topological polar surface area (TPSA) is 54.6 Å². The lowest BCUT2D eigenvalue weighted by Gasteiger charge is -2.02. The van der Waals surface area contributed by atoms with Crippen LogP contribution >= 0.6 is 0 Å². The summed E-state index contributed by atoms with van der Waals surface area (Å²) in [6.45, 7) is 1.87. The minimum absolute atomic E-state index is 0.0533. The molecule has 4 nitrogen and oxygen atoms in total. The average Bonchev–Trinajstić information content (AvgIpc) is 2.59. The number of hydrogen-bond donors (Lipinski definition) is 1. The highest BCUT2D eigenvalue weighted by atomic mass is 16.4. The van der Waals surface area contributed by atoms with Crippen LogP contribution in [0.1, 0.15) is 25.0 Å². The van der Waals surface area contributed by atoms with Crippen LogP contribution in [-0.4, -0.2) is 20.5 Å². The number of carbonyl (C=O) groups is 1. The lowest BCUT2D eigenvalue weighted by atomic mass is 10.1. The van der Waals surface area contributed by atoms with Gasteiger partial charge >= 0.3 is 5.97 Å². The number of rotatable bonds is 3. The molecule has 1 unspecified atom stereocenters. The zero-order valence-corrected chi connectivity index (χ0v) is 8.42. The van der Waals surface area contributed by atoms with E-state index in [0.29, 0.717) is 0 Å². The summed E-state index contributed by atoms with van der Waals surface area (Å²) in [5.41, 5.74) is 1.67. The van der Waals surface area contributed by atoms with E-state index in [1.165, 1.54) is 0 Å². The predicted octanol–water partition coefficient (Wildman–Crippen LogP) is 1.91. The Labute approximate surface area is 87.2 Å². The number of carboxylic acid groups (broad SMARTS) is 1. The summed E-state index contributed by atoms with van der Waals surface area (Å²) in [5, 5.41) is 8.69. The molecule has 0 aliphatic rings. The third-order valence-electron chi connectivity index (χ3n) is 2.37. The summed E-state index contributed by atoms with van der Waals surface area (Å²) < 4.78 is 1.90. The molecular formula is C11H12N2O2. The molecule has 2 heterocycles. The average molecular weight is 204 g/mol. The van der Waals surface area contributed by atoms with Crippen LogP contribution in [0, 0.1) is 0 Å². The SMILES string of the molecule is CC(CC(=O)O)c1cn2ccccc2n1. The molecule has 2 aromatic heterocycles. The van der Waals surface area contributed by atoms with Crippen LogP contribution in [0.2, 0.25) is 0 Å². The molecule has 0 aliphatic carbocycles. The van der Waals surface area contributed by atoms with Gasteiger partial charge in [-0.3, -0.25) is 4.79 Å². The van der Waals surface area contributed by atoms with Crippen LogP contribution in [0.4, 0.5) is 0 Å². The molecule has 2 aromatic rings. The molecule has 0 aliphatic heterocycles. The molecule has 2 rings (SSSR count). The molecule has 0 saturated carbocycles. The van der Waals surface area contributed by atoms with Crippen molar-refractivity contribution in [3.8, 4) is 0 Å². The van der Waals surface area contributed by atoms with Crippen molar-refractivity contribution < 1.29 is 9.90 Å². The summed E-state index contributed by atoms with van der Waals surface area (Å²) in [5.74, 6) is -0.845. The van der Waals surface area contributed by atoms with Crippen molar-refractivity contribution in [3.63, 3.8) is 0 Å². The second-order valence-electron chi connectivity index (χ2n) is 3.63. The number of aliphatic carboxylic acids is 1. The van der Waals surface area contributed by atoms with E-state index in [9.17, 15) is 4.79 Å². The number of imidazole rings is 1. The van der Waals surface area contributed by atoms with Gasteiger partial charge in [0.1, 0.15) is 5.65 Å². The molecule has 0 amide bonds. The molecule has 0 fully saturated rings. The van der Waals surface area contributed by atoms with E-state index in [0.717, 1.165) is 11.3 Å². The molecule has 0 radical (unpaired) electrons. The van der Waals surface area contributed by atoms with E-state index in [2.05, 4.69) is 4.98 Å². The fourth-order valence-corrected chi connectivity index (χ4v) is 1.56. The fraction of sp³-hybridized carbons (Fsp3) is 0.273. The van der Waals surface area contributed by atoms with Gasteiger partial charge in [-0.2, -0.15) is 0 Å². The van der Waals surface area contributed by atoms with Gasteiger partial charge in [-0.15, -0.1) is 0 Å². The second-order valence-corrected chi connectivity index (χ2v) is 3.63. The van der Waals surface area contributed by atoms with Crippen molar-refractivity contribution in [2.45, 2.75) is 19.3 Å². The van der Waals surface area contributed by atoms with Gasteiger partial charge in [0.2, 0.25) is 0 Å². The number of hydrogen-bond acceptors (Lipinski definition) is 2. The standard InChI is InChI=1S/C11H12N2O2/c1-8(6-11(14)15)9-7-13-5-3-2-4-10(13)12-9/h2-5,7-8H,6H2,1H3,(H,14,15). The Bertz CT molecular complexity index is 457. The summed E-state index contributed by atoms with van der Waals surface area (Å²) in [7, 11) is 0. The van der Waals surface area contributed by atoms with Crippen LogP contribution < -0.4 is 0 Å². The fourth-order valence-electron chi connectivity index (χ4n) is 1.56. The maximum atomic E-state index is 10.6. The molecule has 0 bridgehead atoms. The molecule has 1 N–H and O–H groups in total. The van der Waals surface area contributed by atoms with E-state index in [1.807, 2.05) is 41.9 Å². The maximum absolute atomic E-state index is 10.6. The molecule has 0 spiro atoms. The third kappa shape index (κ3) is 1.98. The van der Waals surface area contributed by atoms with Gasteiger partial charge in [0, 0.05) is 18.3 Å². The van der Waals surface area contributed by atoms with Crippen molar-refractivity contribution in [2.75, 3.05) is 0 Å². The van der Waals surface area contributed by atoms with Crippen LogP contribution in [0.15, 0.2) is 30.6 Å². The summed E-state index contributed by atoms with van der Waals surface area (Å²) >= 11 is 0.